The van der Waals surface area contributed by atoms with Crippen LogP contribution in [0.2, 0.25) is 0 Å². The van der Waals surface area contributed by atoms with Crippen molar-refractivity contribution in [3.05, 3.63) is 41.7 Å². The van der Waals surface area contributed by atoms with E-state index in [0.717, 1.165) is 30.4 Å². The van der Waals surface area contributed by atoms with Gasteiger partial charge in [-0.3, -0.25) is 4.79 Å². The SMILES string of the molecule is C[C@H](Sc1nnc(C2CC2)n1Cc1ccccc1)C(=O)N(C)C1CCCCC1. The van der Waals surface area contributed by atoms with Crippen molar-refractivity contribution in [2.75, 3.05) is 7.05 Å². The molecule has 2 saturated carbocycles. The molecule has 0 saturated heterocycles. The van der Waals surface area contributed by atoms with E-state index in [-0.39, 0.29) is 11.2 Å². The molecule has 1 atom stereocenters. The van der Waals surface area contributed by atoms with Crippen molar-refractivity contribution < 1.29 is 4.79 Å². The summed E-state index contributed by atoms with van der Waals surface area (Å²) in [5.74, 6) is 1.81. The summed E-state index contributed by atoms with van der Waals surface area (Å²) >= 11 is 1.55. The first-order valence-corrected chi connectivity index (χ1v) is 11.4. The molecule has 4 rings (SSSR count). The minimum atomic E-state index is -0.155. The largest absolute Gasteiger partial charge is 0.342 e. The predicted octanol–water partition coefficient (Wildman–Crippen LogP) is 4.48. The molecule has 2 fully saturated rings. The Morgan fingerprint density at radius 3 is 2.54 bits per heavy atom. The first-order chi connectivity index (χ1) is 13.6. The van der Waals surface area contributed by atoms with Crippen LogP contribution in [-0.4, -0.2) is 43.9 Å². The lowest BCUT2D eigenvalue weighted by molar-refractivity contribution is -0.131. The Hall–Kier alpha value is -1.82. The zero-order chi connectivity index (χ0) is 19.5. The topological polar surface area (TPSA) is 51.0 Å². The highest BCUT2D eigenvalue weighted by atomic mass is 32.2. The van der Waals surface area contributed by atoms with Crippen LogP contribution < -0.4 is 0 Å². The molecule has 1 amide bonds. The first kappa shape index (κ1) is 19.5. The lowest BCUT2D eigenvalue weighted by Crippen LogP contribution is -2.42. The summed E-state index contributed by atoms with van der Waals surface area (Å²) in [5, 5.41) is 9.67. The summed E-state index contributed by atoms with van der Waals surface area (Å²) in [6, 6.07) is 10.8. The molecule has 6 heteroatoms. The number of hydrogen-bond acceptors (Lipinski definition) is 4. The Bertz CT molecular complexity index is 796. The number of nitrogens with zero attached hydrogens (tertiary/aromatic N) is 4. The fraction of sp³-hybridized carbons (Fsp3) is 0.591. The van der Waals surface area contributed by atoms with Gasteiger partial charge in [-0.2, -0.15) is 0 Å². The van der Waals surface area contributed by atoms with E-state index in [1.54, 1.807) is 11.8 Å². The van der Waals surface area contributed by atoms with Crippen LogP contribution >= 0.6 is 11.8 Å². The minimum absolute atomic E-state index is 0.155. The molecule has 1 aromatic heterocycles. The quantitative estimate of drug-likeness (QED) is 0.646. The maximum Gasteiger partial charge on any atom is 0.235 e. The standard InChI is InChI=1S/C22H30N4OS/c1-16(21(27)25(2)19-11-7-4-8-12-19)28-22-24-23-20(18-13-14-18)26(22)15-17-9-5-3-6-10-17/h3,5-6,9-10,16,18-19H,4,7-8,11-15H2,1-2H3/t16-/m0/s1. The van der Waals surface area contributed by atoms with E-state index < -0.39 is 0 Å². The molecule has 2 aliphatic rings. The highest BCUT2D eigenvalue weighted by molar-refractivity contribution is 8.00. The molecule has 2 aliphatic carbocycles. The van der Waals surface area contributed by atoms with Gasteiger partial charge in [-0.15, -0.1) is 10.2 Å². The van der Waals surface area contributed by atoms with Crippen molar-refractivity contribution in [2.24, 2.45) is 0 Å². The van der Waals surface area contributed by atoms with Gasteiger partial charge in [0.05, 0.1) is 11.8 Å². The number of carbonyl (C=O) groups is 1. The van der Waals surface area contributed by atoms with Crippen molar-refractivity contribution in [2.45, 2.75) is 80.8 Å². The van der Waals surface area contributed by atoms with Gasteiger partial charge in [-0.1, -0.05) is 61.4 Å². The van der Waals surface area contributed by atoms with E-state index in [1.807, 2.05) is 24.9 Å². The van der Waals surface area contributed by atoms with Gasteiger partial charge < -0.3 is 9.47 Å². The van der Waals surface area contributed by atoms with Gasteiger partial charge in [0.25, 0.3) is 0 Å². The van der Waals surface area contributed by atoms with Gasteiger partial charge in [0.2, 0.25) is 5.91 Å². The fourth-order valence-electron chi connectivity index (χ4n) is 4.09. The van der Waals surface area contributed by atoms with Crippen molar-refractivity contribution in [1.29, 1.82) is 0 Å². The molecule has 0 N–H and O–H groups in total. The smallest absolute Gasteiger partial charge is 0.235 e. The van der Waals surface area contributed by atoms with E-state index >= 15 is 0 Å². The zero-order valence-electron chi connectivity index (χ0n) is 16.9. The number of amides is 1. The molecule has 0 radical (unpaired) electrons. The van der Waals surface area contributed by atoms with Crippen molar-refractivity contribution >= 4 is 17.7 Å². The van der Waals surface area contributed by atoms with Crippen LogP contribution in [0.3, 0.4) is 0 Å². The maximum absolute atomic E-state index is 13.0. The van der Waals surface area contributed by atoms with E-state index in [2.05, 4.69) is 39.0 Å². The van der Waals surface area contributed by atoms with Gasteiger partial charge in [-0.25, -0.2) is 0 Å². The molecule has 1 heterocycles. The molecule has 0 spiro atoms. The summed E-state index contributed by atoms with van der Waals surface area (Å²) in [6.45, 7) is 2.77. The van der Waals surface area contributed by atoms with E-state index in [0.29, 0.717) is 12.0 Å². The van der Waals surface area contributed by atoms with Gasteiger partial charge in [0.1, 0.15) is 5.82 Å². The molecule has 0 unspecified atom stereocenters. The Balaban J connectivity index is 1.48. The number of thioether (sulfide) groups is 1. The van der Waals surface area contributed by atoms with Gasteiger partial charge in [-0.05, 0) is 38.2 Å². The average Bonchev–Trinajstić information content (AvgIpc) is 3.51. The highest BCUT2D eigenvalue weighted by Gasteiger charge is 2.32. The predicted molar refractivity (Wildman–Crippen MR) is 113 cm³/mol. The van der Waals surface area contributed by atoms with Crippen LogP contribution in [0.15, 0.2) is 35.5 Å². The number of carbonyl (C=O) groups excluding carboxylic acids is 1. The number of hydrogen-bond donors (Lipinski definition) is 0. The van der Waals surface area contributed by atoms with Crippen LogP contribution in [0.25, 0.3) is 0 Å². The second-order valence-electron chi connectivity index (χ2n) is 8.19. The van der Waals surface area contributed by atoms with Crippen molar-refractivity contribution in [3.8, 4) is 0 Å². The highest BCUT2D eigenvalue weighted by Crippen LogP contribution is 2.40. The third-order valence-electron chi connectivity index (χ3n) is 5.97. The molecule has 1 aromatic carbocycles. The third-order valence-corrected chi connectivity index (χ3v) is 7.04. The van der Waals surface area contributed by atoms with E-state index in [1.165, 1.54) is 37.7 Å². The van der Waals surface area contributed by atoms with Crippen molar-refractivity contribution in [3.63, 3.8) is 0 Å². The zero-order valence-corrected chi connectivity index (χ0v) is 17.7. The first-order valence-electron chi connectivity index (χ1n) is 10.5. The van der Waals surface area contributed by atoms with Crippen LogP contribution in [0.4, 0.5) is 0 Å². The molecule has 5 nitrogen and oxygen atoms in total. The molecule has 0 bridgehead atoms. The molecule has 28 heavy (non-hydrogen) atoms. The molecular formula is C22H30N4OS. The lowest BCUT2D eigenvalue weighted by atomic mass is 9.94. The summed E-state index contributed by atoms with van der Waals surface area (Å²) in [4.78, 5) is 15.0. The Morgan fingerprint density at radius 1 is 1.14 bits per heavy atom. The fourth-order valence-corrected chi connectivity index (χ4v) is 5.05. The normalized spacial score (nSPS) is 18.8. The monoisotopic (exact) mass is 398 g/mol. The summed E-state index contributed by atoms with van der Waals surface area (Å²) in [6.07, 6.45) is 8.42. The second-order valence-corrected chi connectivity index (χ2v) is 9.50. The maximum atomic E-state index is 13.0. The molecular weight excluding hydrogens is 368 g/mol. The number of benzene rings is 1. The summed E-state index contributed by atoms with van der Waals surface area (Å²) in [7, 11) is 1.97. The van der Waals surface area contributed by atoms with Crippen LogP contribution in [0, 0.1) is 0 Å². The van der Waals surface area contributed by atoms with E-state index in [4.69, 9.17) is 0 Å². The second kappa shape index (κ2) is 8.68. The van der Waals surface area contributed by atoms with E-state index in [9.17, 15) is 4.79 Å². The van der Waals surface area contributed by atoms with Crippen molar-refractivity contribution in [1.82, 2.24) is 19.7 Å². The Morgan fingerprint density at radius 2 is 1.86 bits per heavy atom. The van der Waals surface area contributed by atoms with Crippen LogP contribution in [0.1, 0.15) is 69.2 Å². The number of rotatable bonds is 7. The average molecular weight is 399 g/mol. The van der Waals surface area contributed by atoms with Gasteiger partial charge >= 0.3 is 0 Å². The Labute approximate surface area is 171 Å². The van der Waals surface area contributed by atoms with Gasteiger partial charge in [0, 0.05) is 19.0 Å². The van der Waals surface area contributed by atoms with Crippen LogP contribution in [0.5, 0.6) is 0 Å². The molecule has 2 aromatic rings. The number of aromatic nitrogens is 3. The minimum Gasteiger partial charge on any atom is -0.342 e. The van der Waals surface area contributed by atoms with Gasteiger partial charge in [0.15, 0.2) is 5.16 Å². The summed E-state index contributed by atoms with van der Waals surface area (Å²) in [5.41, 5.74) is 1.24. The third kappa shape index (κ3) is 4.43. The lowest BCUT2D eigenvalue weighted by Gasteiger charge is -2.32. The Kier molecular flexibility index (Phi) is 6.04. The summed E-state index contributed by atoms with van der Waals surface area (Å²) < 4.78 is 2.22. The molecule has 150 valence electrons. The van der Waals surface area contributed by atoms with Crippen LogP contribution in [-0.2, 0) is 11.3 Å². The molecule has 0 aliphatic heterocycles.